The van der Waals surface area contributed by atoms with Gasteiger partial charge in [-0.15, -0.1) is 0 Å². The Morgan fingerprint density at radius 1 is 1.29 bits per heavy atom. The summed E-state index contributed by atoms with van der Waals surface area (Å²) in [6, 6.07) is 3.48. The number of amides is 2. The topological polar surface area (TPSA) is 104 Å². The van der Waals surface area contributed by atoms with Crippen LogP contribution in [-0.2, 0) is 16.1 Å². The van der Waals surface area contributed by atoms with E-state index in [0.29, 0.717) is 29.6 Å². The lowest BCUT2D eigenvalue weighted by Gasteiger charge is -2.01. The Labute approximate surface area is 119 Å². The highest BCUT2D eigenvalue weighted by Crippen LogP contribution is 2.30. The van der Waals surface area contributed by atoms with Crippen LogP contribution in [0.1, 0.15) is 12.0 Å². The minimum atomic E-state index is -0.796. The van der Waals surface area contributed by atoms with E-state index in [0.717, 1.165) is 0 Å². The minimum Gasteiger partial charge on any atom is -0.502 e. The predicted molar refractivity (Wildman–Crippen MR) is 74.1 cm³/mol. The summed E-state index contributed by atoms with van der Waals surface area (Å²) < 4.78 is 1.79. The standard InChI is InChI=1S/C14H13N3O4/c18-6-2-5-17-7-9(8-3-1-4-15-12(8)17)10-11(19)14(21)16-13(10)20/h1,3-4,7,18H,2,5-6H2,(H2,16,19,20,21). The fourth-order valence-corrected chi connectivity index (χ4v) is 2.43. The van der Waals surface area contributed by atoms with Gasteiger partial charge in [-0.05, 0) is 18.6 Å². The number of imide groups is 1. The number of fused-ring (bicyclic) bond motifs is 1. The van der Waals surface area contributed by atoms with Crippen LogP contribution in [-0.4, -0.2) is 38.2 Å². The normalized spacial score (nSPS) is 15.1. The summed E-state index contributed by atoms with van der Waals surface area (Å²) in [7, 11) is 0. The Morgan fingerprint density at radius 3 is 2.76 bits per heavy atom. The number of aromatic nitrogens is 2. The summed E-state index contributed by atoms with van der Waals surface area (Å²) in [4.78, 5) is 27.5. The fraction of sp³-hybridized carbons (Fsp3) is 0.214. The lowest BCUT2D eigenvalue weighted by molar-refractivity contribution is -0.124. The molecule has 1 aliphatic heterocycles. The van der Waals surface area contributed by atoms with E-state index in [2.05, 4.69) is 10.3 Å². The van der Waals surface area contributed by atoms with Crippen LogP contribution >= 0.6 is 0 Å². The summed E-state index contributed by atoms with van der Waals surface area (Å²) in [6.07, 6.45) is 3.82. The number of carbonyl (C=O) groups excluding carboxylic acids is 2. The second-order valence-corrected chi connectivity index (χ2v) is 4.69. The first-order valence-corrected chi connectivity index (χ1v) is 6.47. The van der Waals surface area contributed by atoms with Crippen molar-refractivity contribution >= 4 is 28.4 Å². The van der Waals surface area contributed by atoms with Crippen molar-refractivity contribution in [2.24, 2.45) is 0 Å². The molecule has 1 aliphatic rings. The van der Waals surface area contributed by atoms with E-state index in [1.54, 1.807) is 29.1 Å². The molecule has 108 valence electrons. The molecule has 0 bridgehead atoms. The van der Waals surface area contributed by atoms with Crippen molar-refractivity contribution in [3.63, 3.8) is 0 Å². The van der Waals surface area contributed by atoms with E-state index in [-0.39, 0.29) is 12.2 Å². The third-order valence-electron chi connectivity index (χ3n) is 3.37. The molecule has 0 radical (unpaired) electrons. The molecule has 0 saturated heterocycles. The molecule has 0 aromatic carbocycles. The first kappa shape index (κ1) is 13.3. The zero-order valence-corrected chi connectivity index (χ0v) is 11.0. The van der Waals surface area contributed by atoms with Gasteiger partial charge in [0.25, 0.3) is 11.8 Å². The first-order chi connectivity index (χ1) is 10.1. The molecule has 0 saturated carbocycles. The zero-order valence-electron chi connectivity index (χ0n) is 11.0. The molecule has 21 heavy (non-hydrogen) atoms. The van der Waals surface area contributed by atoms with Gasteiger partial charge in [-0.3, -0.25) is 14.9 Å². The highest BCUT2D eigenvalue weighted by molar-refractivity contribution is 6.36. The van der Waals surface area contributed by atoms with Crippen LogP contribution in [0.3, 0.4) is 0 Å². The van der Waals surface area contributed by atoms with Gasteiger partial charge in [0.15, 0.2) is 5.76 Å². The van der Waals surface area contributed by atoms with E-state index in [1.807, 2.05) is 0 Å². The number of aliphatic hydroxyl groups is 2. The zero-order chi connectivity index (χ0) is 15.0. The monoisotopic (exact) mass is 287 g/mol. The molecule has 0 spiro atoms. The Morgan fingerprint density at radius 2 is 2.10 bits per heavy atom. The number of carbonyl (C=O) groups is 2. The van der Waals surface area contributed by atoms with E-state index in [9.17, 15) is 14.7 Å². The van der Waals surface area contributed by atoms with Crippen LogP contribution in [0, 0.1) is 0 Å². The van der Waals surface area contributed by atoms with Crippen molar-refractivity contribution in [3.8, 4) is 0 Å². The Kier molecular flexibility index (Phi) is 3.19. The molecule has 3 heterocycles. The van der Waals surface area contributed by atoms with Crippen molar-refractivity contribution in [3.05, 3.63) is 35.8 Å². The molecule has 7 heteroatoms. The Bertz CT molecular complexity index is 776. The third kappa shape index (κ3) is 2.07. The molecular formula is C14H13N3O4. The quantitative estimate of drug-likeness (QED) is 0.704. The highest BCUT2D eigenvalue weighted by atomic mass is 16.3. The number of nitrogens with zero attached hydrogens (tertiary/aromatic N) is 2. The molecule has 0 aliphatic carbocycles. The van der Waals surface area contributed by atoms with Gasteiger partial charge in [0.1, 0.15) is 5.65 Å². The first-order valence-electron chi connectivity index (χ1n) is 6.47. The molecule has 3 rings (SSSR count). The third-order valence-corrected chi connectivity index (χ3v) is 3.37. The maximum Gasteiger partial charge on any atom is 0.293 e. The van der Waals surface area contributed by atoms with Crippen molar-refractivity contribution in [2.75, 3.05) is 6.61 Å². The average molecular weight is 287 g/mol. The molecule has 0 atom stereocenters. The summed E-state index contributed by atoms with van der Waals surface area (Å²) in [5.41, 5.74) is 1.05. The molecule has 2 aromatic heterocycles. The van der Waals surface area contributed by atoms with E-state index >= 15 is 0 Å². The lowest BCUT2D eigenvalue weighted by Crippen LogP contribution is -2.22. The van der Waals surface area contributed by atoms with Crippen LogP contribution in [0.15, 0.2) is 30.3 Å². The minimum absolute atomic E-state index is 0.0365. The van der Waals surface area contributed by atoms with Gasteiger partial charge in [-0.1, -0.05) is 0 Å². The van der Waals surface area contributed by atoms with Crippen LogP contribution in [0.2, 0.25) is 0 Å². The van der Waals surface area contributed by atoms with Gasteiger partial charge in [-0.2, -0.15) is 0 Å². The van der Waals surface area contributed by atoms with Gasteiger partial charge in [0.2, 0.25) is 0 Å². The molecule has 7 nitrogen and oxygen atoms in total. The number of aryl methyl sites for hydroxylation is 1. The van der Waals surface area contributed by atoms with Gasteiger partial charge in [0.05, 0.1) is 5.57 Å². The van der Waals surface area contributed by atoms with Gasteiger partial charge < -0.3 is 14.8 Å². The van der Waals surface area contributed by atoms with E-state index in [4.69, 9.17) is 5.11 Å². The average Bonchev–Trinajstić information content (AvgIpc) is 2.95. The van der Waals surface area contributed by atoms with Crippen molar-refractivity contribution in [1.29, 1.82) is 0 Å². The van der Waals surface area contributed by atoms with Crippen molar-refractivity contribution < 1.29 is 19.8 Å². The van der Waals surface area contributed by atoms with Crippen LogP contribution in [0.5, 0.6) is 0 Å². The summed E-state index contributed by atoms with van der Waals surface area (Å²) in [6.45, 7) is 0.558. The van der Waals surface area contributed by atoms with Gasteiger partial charge >= 0.3 is 0 Å². The second-order valence-electron chi connectivity index (χ2n) is 4.69. The molecule has 2 amide bonds. The summed E-state index contributed by atoms with van der Waals surface area (Å²) in [5, 5.41) is 21.5. The molecule has 0 fully saturated rings. The van der Waals surface area contributed by atoms with Gasteiger partial charge in [-0.25, -0.2) is 4.98 Å². The SMILES string of the molecule is O=C1NC(=O)C(c2cn(CCCO)c3ncccc23)=C1O. The van der Waals surface area contributed by atoms with Crippen molar-refractivity contribution in [2.45, 2.75) is 13.0 Å². The molecule has 0 unspecified atom stereocenters. The summed E-state index contributed by atoms with van der Waals surface area (Å²) in [5.74, 6) is -2.00. The number of hydrogen-bond acceptors (Lipinski definition) is 5. The number of hydrogen-bond donors (Lipinski definition) is 3. The van der Waals surface area contributed by atoms with Crippen LogP contribution in [0.4, 0.5) is 0 Å². The maximum atomic E-state index is 11.8. The molecule has 3 N–H and O–H groups in total. The lowest BCUT2D eigenvalue weighted by atomic mass is 10.1. The van der Waals surface area contributed by atoms with E-state index in [1.165, 1.54) is 0 Å². The van der Waals surface area contributed by atoms with Crippen LogP contribution < -0.4 is 5.32 Å². The predicted octanol–water partition coefficient (Wildman–Crippen LogP) is 0.344. The number of pyridine rings is 1. The number of nitrogens with one attached hydrogen (secondary N) is 1. The maximum absolute atomic E-state index is 11.8. The number of rotatable bonds is 4. The van der Waals surface area contributed by atoms with Crippen molar-refractivity contribution in [1.82, 2.24) is 14.9 Å². The fourth-order valence-electron chi connectivity index (χ4n) is 2.43. The number of aliphatic hydroxyl groups excluding tert-OH is 2. The van der Waals surface area contributed by atoms with Crippen LogP contribution in [0.25, 0.3) is 16.6 Å². The van der Waals surface area contributed by atoms with E-state index < -0.39 is 17.6 Å². The molecule has 2 aromatic rings. The Balaban J connectivity index is 2.20. The summed E-state index contributed by atoms with van der Waals surface area (Å²) >= 11 is 0. The smallest absolute Gasteiger partial charge is 0.293 e. The molecular weight excluding hydrogens is 274 g/mol. The largest absolute Gasteiger partial charge is 0.502 e. The Hall–Kier alpha value is -2.67. The highest BCUT2D eigenvalue weighted by Gasteiger charge is 2.33. The van der Waals surface area contributed by atoms with Gasteiger partial charge in [0, 0.05) is 36.5 Å². The second kappa shape index (κ2) is 5.02.